The number of aromatic amines is 1. The van der Waals surface area contributed by atoms with Crippen molar-refractivity contribution in [3.63, 3.8) is 0 Å². The highest BCUT2D eigenvalue weighted by molar-refractivity contribution is 6.06. The Morgan fingerprint density at radius 1 is 1.16 bits per heavy atom. The van der Waals surface area contributed by atoms with E-state index in [0.29, 0.717) is 47.0 Å². The summed E-state index contributed by atoms with van der Waals surface area (Å²) in [5.41, 5.74) is 6.82. The van der Waals surface area contributed by atoms with Gasteiger partial charge in [-0.2, -0.15) is 10.4 Å². The molecule has 0 fully saturated rings. The van der Waals surface area contributed by atoms with Gasteiger partial charge in [0.05, 0.1) is 28.0 Å². The van der Waals surface area contributed by atoms with Crippen molar-refractivity contribution in [1.29, 1.82) is 5.26 Å². The van der Waals surface area contributed by atoms with Crippen LogP contribution in [0.1, 0.15) is 28.0 Å². The molecule has 43 heavy (non-hydrogen) atoms. The number of H-pyrrole nitrogens is 1. The number of nitrogens with one attached hydrogen (secondary N) is 2. The number of halogens is 1. The highest BCUT2D eigenvalue weighted by Gasteiger charge is 2.21. The largest absolute Gasteiger partial charge is 0.454 e. The van der Waals surface area contributed by atoms with Gasteiger partial charge in [0.1, 0.15) is 23.3 Å². The van der Waals surface area contributed by atoms with Crippen LogP contribution in [0.2, 0.25) is 0 Å². The lowest BCUT2D eigenvalue weighted by atomic mass is 10.0. The van der Waals surface area contributed by atoms with Gasteiger partial charge in [0, 0.05) is 19.2 Å². The summed E-state index contributed by atoms with van der Waals surface area (Å²) >= 11 is 0. The molecule has 0 bridgehead atoms. The minimum absolute atomic E-state index is 0.0251. The maximum atomic E-state index is 13.4. The lowest BCUT2D eigenvalue weighted by Gasteiger charge is -2.12. The Hall–Kier alpha value is -5.97. The van der Waals surface area contributed by atoms with Crippen LogP contribution in [0.5, 0.6) is 11.5 Å². The molecule has 1 amide bonds. The number of anilines is 1. The molecule has 3 aromatic heterocycles. The molecule has 0 spiro atoms. The fourth-order valence-electron chi connectivity index (χ4n) is 4.83. The Labute approximate surface area is 241 Å². The SMILES string of the molecule is Cn1c(=O)[nH]c(=O)c2c(C(=O)NCCCc3nn(-c4ccc(F)cc4)c(N)c3C#N)cc(-c3ccc4c(c3)OCO4)nc21. The van der Waals surface area contributed by atoms with Crippen LogP contribution < -0.4 is 31.8 Å². The summed E-state index contributed by atoms with van der Waals surface area (Å²) in [5.74, 6) is 0.215. The van der Waals surface area contributed by atoms with Gasteiger partial charge in [-0.3, -0.25) is 19.1 Å². The van der Waals surface area contributed by atoms with Crippen molar-refractivity contribution in [2.75, 3.05) is 19.1 Å². The number of fused-ring (bicyclic) bond motifs is 2. The van der Waals surface area contributed by atoms with Crippen molar-refractivity contribution < 1.29 is 18.7 Å². The van der Waals surface area contributed by atoms with Crippen LogP contribution in [0.4, 0.5) is 10.2 Å². The number of hydrogen-bond acceptors (Lipinski definition) is 9. The van der Waals surface area contributed by atoms with E-state index in [4.69, 9.17) is 15.2 Å². The number of nitrogen functional groups attached to an aromatic ring is 1. The van der Waals surface area contributed by atoms with Crippen LogP contribution >= 0.6 is 0 Å². The fourth-order valence-corrected chi connectivity index (χ4v) is 4.83. The Balaban J connectivity index is 1.26. The number of amides is 1. The second-order valence-electron chi connectivity index (χ2n) is 9.71. The minimum Gasteiger partial charge on any atom is -0.454 e. The summed E-state index contributed by atoms with van der Waals surface area (Å²) in [4.78, 5) is 45.4. The van der Waals surface area contributed by atoms with E-state index < -0.39 is 23.0 Å². The average molecular weight is 583 g/mol. The molecule has 0 saturated heterocycles. The van der Waals surface area contributed by atoms with Crippen molar-refractivity contribution in [2.24, 2.45) is 7.05 Å². The van der Waals surface area contributed by atoms with Crippen LogP contribution in [0, 0.1) is 17.1 Å². The second-order valence-corrected chi connectivity index (χ2v) is 9.71. The number of carbonyl (C=O) groups excluding carboxylic acids is 1. The zero-order chi connectivity index (χ0) is 30.2. The van der Waals surface area contributed by atoms with Crippen LogP contribution in [-0.4, -0.2) is 43.6 Å². The predicted octanol–water partition coefficient (Wildman–Crippen LogP) is 2.16. The molecule has 216 valence electrons. The number of nitrogens with zero attached hydrogens (tertiary/aromatic N) is 5. The number of nitriles is 1. The minimum atomic E-state index is -0.742. The molecular weight excluding hydrogens is 559 g/mol. The van der Waals surface area contributed by atoms with Crippen LogP contribution in [-0.2, 0) is 13.5 Å². The molecule has 6 rings (SSSR count). The summed E-state index contributed by atoms with van der Waals surface area (Å²) in [6.07, 6.45) is 0.684. The van der Waals surface area contributed by atoms with Gasteiger partial charge in [-0.05, 0) is 61.4 Å². The highest BCUT2D eigenvalue weighted by Crippen LogP contribution is 2.36. The van der Waals surface area contributed by atoms with Crippen molar-refractivity contribution in [1.82, 2.24) is 29.6 Å². The third kappa shape index (κ3) is 4.93. The molecule has 4 heterocycles. The van der Waals surface area contributed by atoms with Crippen LogP contribution in [0.3, 0.4) is 0 Å². The van der Waals surface area contributed by atoms with Gasteiger partial charge in [-0.1, -0.05) is 0 Å². The standard InChI is InChI=1S/C29H23FN8O5/c1-37-26-24(28(40)35-29(37)41)18(12-21(34-26)15-4-9-22-23(11-15)43-14-42-22)27(39)33-10-2-3-20-19(13-31)25(32)38(36-20)17-7-5-16(30)6-8-17/h4-9,11-12H,2-3,10,14,32H2,1H3,(H,33,39)(H,35,40,41). The first-order valence-electron chi connectivity index (χ1n) is 13.1. The van der Waals surface area contributed by atoms with E-state index in [1.807, 2.05) is 0 Å². The molecule has 13 nitrogen and oxygen atoms in total. The third-order valence-electron chi connectivity index (χ3n) is 7.04. The number of carbonyl (C=O) groups is 1. The molecule has 2 aromatic carbocycles. The van der Waals surface area contributed by atoms with Crippen molar-refractivity contribution in [3.05, 3.63) is 92.0 Å². The van der Waals surface area contributed by atoms with E-state index in [9.17, 15) is 24.0 Å². The number of aryl methyl sites for hydroxylation is 2. The number of aromatic nitrogens is 5. The lowest BCUT2D eigenvalue weighted by molar-refractivity contribution is 0.0954. The predicted molar refractivity (Wildman–Crippen MR) is 152 cm³/mol. The first-order chi connectivity index (χ1) is 20.7. The zero-order valence-electron chi connectivity index (χ0n) is 22.7. The molecule has 1 aliphatic heterocycles. The van der Waals surface area contributed by atoms with E-state index in [1.165, 1.54) is 42.1 Å². The summed E-state index contributed by atoms with van der Waals surface area (Å²) < 4.78 is 26.7. The van der Waals surface area contributed by atoms with Gasteiger partial charge in [0.15, 0.2) is 17.1 Å². The maximum Gasteiger partial charge on any atom is 0.329 e. The molecule has 4 N–H and O–H groups in total. The number of hydrogen-bond donors (Lipinski definition) is 3. The molecular formula is C29H23FN8O5. The van der Waals surface area contributed by atoms with Crippen molar-refractivity contribution in [3.8, 4) is 34.5 Å². The summed E-state index contributed by atoms with van der Waals surface area (Å²) in [5, 5.41) is 16.8. The molecule has 1 aliphatic rings. The molecule has 0 radical (unpaired) electrons. The van der Waals surface area contributed by atoms with Gasteiger partial charge >= 0.3 is 5.69 Å². The van der Waals surface area contributed by atoms with E-state index in [2.05, 4.69) is 26.5 Å². The first-order valence-corrected chi connectivity index (χ1v) is 13.1. The molecule has 5 aromatic rings. The van der Waals surface area contributed by atoms with Crippen molar-refractivity contribution in [2.45, 2.75) is 12.8 Å². The van der Waals surface area contributed by atoms with E-state index in [0.717, 1.165) is 4.57 Å². The molecule has 0 saturated carbocycles. The highest BCUT2D eigenvalue weighted by atomic mass is 19.1. The van der Waals surface area contributed by atoms with Crippen molar-refractivity contribution >= 4 is 22.8 Å². The number of benzene rings is 2. The molecule has 0 unspecified atom stereocenters. The maximum absolute atomic E-state index is 13.4. The van der Waals surface area contributed by atoms with Crippen LogP contribution in [0.15, 0.2) is 58.1 Å². The number of ether oxygens (including phenoxy) is 2. The van der Waals surface area contributed by atoms with E-state index in [1.54, 1.807) is 18.2 Å². The smallest absolute Gasteiger partial charge is 0.329 e. The van der Waals surface area contributed by atoms with E-state index >= 15 is 0 Å². The number of pyridine rings is 1. The Kier molecular flexibility index (Phi) is 6.82. The zero-order valence-corrected chi connectivity index (χ0v) is 22.7. The monoisotopic (exact) mass is 582 g/mol. The van der Waals surface area contributed by atoms with Crippen LogP contribution in [0.25, 0.3) is 28.0 Å². The second kappa shape index (κ2) is 10.8. The normalized spacial score (nSPS) is 11.9. The lowest BCUT2D eigenvalue weighted by Crippen LogP contribution is -2.32. The van der Waals surface area contributed by atoms with E-state index in [-0.39, 0.29) is 41.3 Å². The molecule has 0 atom stereocenters. The van der Waals surface area contributed by atoms with Gasteiger partial charge < -0.3 is 20.5 Å². The van der Waals surface area contributed by atoms with Gasteiger partial charge in [0.2, 0.25) is 6.79 Å². The van der Waals surface area contributed by atoms with Gasteiger partial charge in [-0.25, -0.2) is 18.9 Å². The quantitative estimate of drug-likeness (QED) is 0.242. The summed E-state index contributed by atoms with van der Waals surface area (Å²) in [7, 11) is 1.45. The summed E-state index contributed by atoms with van der Waals surface area (Å²) in [6.45, 7) is 0.246. The van der Waals surface area contributed by atoms with Gasteiger partial charge in [0.25, 0.3) is 11.5 Å². The Morgan fingerprint density at radius 3 is 2.70 bits per heavy atom. The number of rotatable bonds is 7. The average Bonchev–Trinajstić information content (AvgIpc) is 3.61. The first kappa shape index (κ1) is 27.2. The molecule has 14 heteroatoms. The molecule has 0 aliphatic carbocycles. The topological polar surface area (TPSA) is 183 Å². The third-order valence-corrected chi connectivity index (χ3v) is 7.04. The Morgan fingerprint density at radius 2 is 1.93 bits per heavy atom. The fraction of sp³-hybridized carbons (Fsp3) is 0.172. The summed E-state index contributed by atoms with van der Waals surface area (Å²) in [6, 6.07) is 14.2. The number of nitrogens with two attached hydrogens (primary N) is 1. The Bertz CT molecular complexity index is 2070. The van der Waals surface area contributed by atoms with Gasteiger partial charge in [-0.15, -0.1) is 0 Å².